The predicted molar refractivity (Wildman–Crippen MR) is 118 cm³/mol. The number of hydrogen-bond donors (Lipinski definition) is 2. The molecule has 2 N–H and O–H groups in total. The SMILES string of the molecule is CCCOc1ccc(C(=O)NNC(=O)c2ccc(N3CCCC3)c([N+](=O)[O-])c2)cc1OC. The third-order valence-corrected chi connectivity index (χ3v) is 5.06. The number of nitro groups is 1. The Bertz CT molecular complexity index is 1000. The average Bonchev–Trinajstić information content (AvgIpc) is 3.35. The summed E-state index contributed by atoms with van der Waals surface area (Å²) in [5, 5.41) is 11.5. The summed E-state index contributed by atoms with van der Waals surface area (Å²) >= 11 is 0. The summed E-state index contributed by atoms with van der Waals surface area (Å²) in [4.78, 5) is 37.9. The number of nitrogens with one attached hydrogen (secondary N) is 2. The molecule has 10 heteroatoms. The van der Waals surface area contributed by atoms with E-state index in [1.807, 2.05) is 11.8 Å². The zero-order chi connectivity index (χ0) is 23.1. The second-order valence-electron chi connectivity index (χ2n) is 7.28. The minimum absolute atomic E-state index is 0.0702. The minimum Gasteiger partial charge on any atom is -0.493 e. The van der Waals surface area contributed by atoms with Crippen LogP contribution in [0.3, 0.4) is 0 Å². The summed E-state index contributed by atoms with van der Waals surface area (Å²) in [6, 6.07) is 8.96. The van der Waals surface area contributed by atoms with Crippen LogP contribution in [-0.4, -0.2) is 43.5 Å². The van der Waals surface area contributed by atoms with Crippen LogP contribution in [0, 0.1) is 10.1 Å². The van der Waals surface area contributed by atoms with E-state index in [1.165, 1.54) is 25.3 Å². The zero-order valence-electron chi connectivity index (χ0n) is 18.1. The first-order valence-electron chi connectivity index (χ1n) is 10.4. The second-order valence-corrected chi connectivity index (χ2v) is 7.28. The molecular formula is C22H26N4O6. The van der Waals surface area contributed by atoms with E-state index in [2.05, 4.69) is 10.9 Å². The Morgan fingerprint density at radius 3 is 2.25 bits per heavy atom. The van der Waals surface area contributed by atoms with Crippen LogP contribution in [0.25, 0.3) is 0 Å². The van der Waals surface area contributed by atoms with Crippen LogP contribution in [-0.2, 0) is 0 Å². The molecule has 1 aliphatic heterocycles. The van der Waals surface area contributed by atoms with E-state index < -0.39 is 16.7 Å². The van der Waals surface area contributed by atoms with Gasteiger partial charge in [-0.1, -0.05) is 6.92 Å². The highest BCUT2D eigenvalue weighted by Gasteiger charge is 2.24. The standard InChI is InChI=1S/C22H26N4O6/c1-3-12-32-19-9-7-16(14-20(19)31-2)22(28)24-23-21(27)15-6-8-17(18(13-15)26(29)30)25-10-4-5-11-25/h6-9,13-14H,3-5,10-12H2,1-2H3,(H,23,27)(H,24,28). The van der Waals surface area contributed by atoms with Crippen LogP contribution >= 0.6 is 0 Å². The number of hydrogen-bond acceptors (Lipinski definition) is 7. The van der Waals surface area contributed by atoms with Crippen LogP contribution < -0.4 is 25.2 Å². The number of nitrogens with zero attached hydrogens (tertiary/aromatic N) is 2. The van der Waals surface area contributed by atoms with Gasteiger partial charge in [-0.2, -0.15) is 0 Å². The summed E-state index contributed by atoms with van der Waals surface area (Å²) in [6.45, 7) is 3.98. The first-order valence-corrected chi connectivity index (χ1v) is 10.4. The van der Waals surface area contributed by atoms with Crippen molar-refractivity contribution in [2.75, 3.05) is 31.7 Å². The van der Waals surface area contributed by atoms with Gasteiger partial charge in [0.2, 0.25) is 0 Å². The van der Waals surface area contributed by atoms with Gasteiger partial charge in [-0.3, -0.25) is 30.6 Å². The van der Waals surface area contributed by atoms with Gasteiger partial charge in [0.25, 0.3) is 17.5 Å². The van der Waals surface area contributed by atoms with Gasteiger partial charge in [0.05, 0.1) is 18.6 Å². The lowest BCUT2D eigenvalue weighted by Gasteiger charge is -2.18. The Labute approximate surface area is 185 Å². The first kappa shape index (κ1) is 22.9. The van der Waals surface area contributed by atoms with Crippen LogP contribution in [0.4, 0.5) is 11.4 Å². The Morgan fingerprint density at radius 2 is 1.66 bits per heavy atom. The van der Waals surface area contributed by atoms with Crippen molar-refractivity contribution in [2.45, 2.75) is 26.2 Å². The number of methoxy groups -OCH3 is 1. The molecule has 1 heterocycles. The molecule has 0 unspecified atom stereocenters. The second kappa shape index (κ2) is 10.5. The lowest BCUT2D eigenvalue weighted by atomic mass is 10.1. The van der Waals surface area contributed by atoms with Crippen molar-refractivity contribution in [2.24, 2.45) is 0 Å². The normalized spacial score (nSPS) is 12.9. The quantitative estimate of drug-likeness (QED) is 0.476. The summed E-state index contributed by atoms with van der Waals surface area (Å²) in [5.74, 6) is -0.322. The molecule has 170 valence electrons. The number of benzene rings is 2. The van der Waals surface area contributed by atoms with E-state index in [1.54, 1.807) is 18.2 Å². The number of carbonyl (C=O) groups is 2. The average molecular weight is 442 g/mol. The lowest BCUT2D eigenvalue weighted by molar-refractivity contribution is -0.384. The smallest absolute Gasteiger partial charge is 0.293 e. The molecule has 2 amide bonds. The number of hydrazine groups is 1. The lowest BCUT2D eigenvalue weighted by Crippen LogP contribution is -2.41. The number of rotatable bonds is 8. The molecule has 1 fully saturated rings. The number of carbonyl (C=O) groups excluding carboxylic acids is 2. The van der Waals surface area contributed by atoms with Crippen molar-refractivity contribution >= 4 is 23.2 Å². The Morgan fingerprint density at radius 1 is 1.03 bits per heavy atom. The van der Waals surface area contributed by atoms with Crippen molar-refractivity contribution in [1.29, 1.82) is 0 Å². The number of anilines is 1. The van der Waals surface area contributed by atoms with Gasteiger partial charge in [-0.25, -0.2) is 0 Å². The molecule has 0 radical (unpaired) electrons. The van der Waals surface area contributed by atoms with E-state index >= 15 is 0 Å². The summed E-state index contributed by atoms with van der Waals surface area (Å²) in [7, 11) is 1.47. The van der Waals surface area contributed by atoms with Crippen molar-refractivity contribution in [3.63, 3.8) is 0 Å². The highest BCUT2D eigenvalue weighted by Crippen LogP contribution is 2.31. The van der Waals surface area contributed by atoms with E-state index in [0.29, 0.717) is 23.8 Å². The molecule has 1 saturated heterocycles. The molecule has 2 aromatic carbocycles. The summed E-state index contributed by atoms with van der Waals surface area (Å²) in [5.41, 5.74) is 5.28. The van der Waals surface area contributed by atoms with E-state index in [0.717, 1.165) is 32.4 Å². The fraction of sp³-hybridized carbons (Fsp3) is 0.364. The molecule has 1 aliphatic rings. The fourth-order valence-corrected chi connectivity index (χ4v) is 3.43. The molecule has 3 rings (SSSR count). The number of nitro benzene ring substituents is 1. The van der Waals surface area contributed by atoms with Gasteiger partial charge in [0, 0.05) is 30.3 Å². The van der Waals surface area contributed by atoms with Gasteiger partial charge in [0.1, 0.15) is 5.69 Å². The molecule has 0 atom stereocenters. The zero-order valence-corrected chi connectivity index (χ0v) is 18.1. The van der Waals surface area contributed by atoms with Crippen LogP contribution in [0.15, 0.2) is 36.4 Å². The summed E-state index contributed by atoms with van der Waals surface area (Å²) in [6.07, 6.45) is 2.78. The van der Waals surface area contributed by atoms with Crippen LogP contribution in [0.5, 0.6) is 11.5 Å². The van der Waals surface area contributed by atoms with Crippen molar-refractivity contribution < 1.29 is 24.0 Å². The third-order valence-electron chi connectivity index (χ3n) is 5.06. The minimum atomic E-state index is -0.663. The van der Waals surface area contributed by atoms with Crippen molar-refractivity contribution in [1.82, 2.24) is 10.9 Å². The summed E-state index contributed by atoms with van der Waals surface area (Å²) < 4.78 is 10.8. The Kier molecular flexibility index (Phi) is 7.48. The maximum Gasteiger partial charge on any atom is 0.293 e. The molecule has 32 heavy (non-hydrogen) atoms. The molecule has 0 spiro atoms. The van der Waals surface area contributed by atoms with Crippen LogP contribution in [0.1, 0.15) is 46.9 Å². The van der Waals surface area contributed by atoms with Gasteiger partial charge >= 0.3 is 0 Å². The maximum atomic E-state index is 12.5. The van der Waals surface area contributed by atoms with Crippen LogP contribution in [0.2, 0.25) is 0 Å². The molecule has 0 aliphatic carbocycles. The van der Waals surface area contributed by atoms with Gasteiger partial charge < -0.3 is 14.4 Å². The van der Waals surface area contributed by atoms with Gasteiger partial charge in [-0.15, -0.1) is 0 Å². The molecule has 2 aromatic rings. The van der Waals surface area contributed by atoms with E-state index in [9.17, 15) is 19.7 Å². The monoisotopic (exact) mass is 442 g/mol. The fourth-order valence-electron chi connectivity index (χ4n) is 3.43. The molecule has 0 aromatic heterocycles. The highest BCUT2D eigenvalue weighted by molar-refractivity contribution is 6.00. The van der Waals surface area contributed by atoms with Gasteiger partial charge in [-0.05, 0) is 49.6 Å². The highest BCUT2D eigenvalue weighted by atomic mass is 16.6. The maximum absolute atomic E-state index is 12.5. The molecular weight excluding hydrogens is 416 g/mol. The third kappa shape index (κ3) is 5.26. The van der Waals surface area contributed by atoms with Crippen molar-refractivity contribution in [3.8, 4) is 11.5 Å². The number of amides is 2. The Balaban J connectivity index is 1.68. The first-order chi connectivity index (χ1) is 15.4. The Hall–Kier alpha value is -3.82. The van der Waals surface area contributed by atoms with Crippen molar-refractivity contribution in [3.05, 3.63) is 57.6 Å². The molecule has 10 nitrogen and oxygen atoms in total. The molecule has 0 saturated carbocycles. The topological polar surface area (TPSA) is 123 Å². The predicted octanol–water partition coefficient (Wildman–Crippen LogP) is 3.07. The van der Waals surface area contributed by atoms with E-state index in [-0.39, 0.29) is 16.8 Å². The molecule has 0 bridgehead atoms. The number of ether oxygens (including phenoxy) is 2. The van der Waals surface area contributed by atoms with E-state index in [4.69, 9.17) is 9.47 Å². The van der Waals surface area contributed by atoms with Gasteiger partial charge in [0.15, 0.2) is 11.5 Å². The largest absolute Gasteiger partial charge is 0.493 e.